The molecular weight excluding hydrogens is 490 g/mol. The molecule has 10 heteroatoms. The standard InChI is InChI=1S/C27H27N5O4S/c28-25(35)21-6-8-22(9-7-21)37-23-13-29-27(32-11-10-31(24(34)15-32)14-18-4-5-18)30-26(23)36-17-20-3-1-2-19(12-20)16-33/h1-3,6-9,12-13,16,18H,4-5,10-11,14-15,17H2,(H2,28,35). The smallest absolute Gasteiger partial charge is 0.248 e. The fourth-order valence-electron chi connectivity index (χ4n) is 4.08. The van der Waals surface area contributed by atoms with Gasteiger partial charge in [-0.3, -0.25) is 14.4 Å². The third-order valence-corrected chi connectivity index (χ3v) is 7.32. The van der Waals surface area contributed by atoms with Crippen LogP contribution in [-0.4, -0.2) is 59.1 Å². The van der Waals surface area contributed by atoms with Crippen molar-refractivity contribution in [3.05, 3.63) is 71.4 Å². The summed E-state index contributed by atoms with van der Waals surface area (Å²) in [5.74, 6) is 1.06. The Balaban J connectivity index is 1.36. The van der Waals surface area contributed by atoms with Gasteiger partial charge in [0, 0.05) is 35.7 Å². The van der Waals surface area contributed by atoms with Gasteiger partial charge in [-0.25, -0.2) is 4.98 Å². The van der Waals surface area contributed by atoms with Gasteiger partial charge in [0.1, 0.15) is 12.9 Å². The summed E-state index contributed by atoms with van der Waals surface area (Å²) in [6, 6.07) is 14.1. The lowest BCUT2D eigenvalue weighted by molar-refractivity contribution is -0.131. The first-order chi connectivity index (χ1) is 18.0. The molecule has 1 saturated heterocycles. The quantitative estimate of drug-likeness (QED) is 0.408. The molecule has 2 amide bonds. The first-order valence-electron chi connectivity index (χ1n) is 12.1. The number of aldehydes is 1. The summed E-state index contributed by atoms with van der Waals surface area (Å²) in [7, 11) is 0. The number of ether oxygens (including phenoxy) is 1. The second kappa shape index (κ2) is 11.0. The average molecular weight is 518 g/mol. The molecule has 3 aromatic rings. The summed E-state index contributed by atoms with van der Waals surface area (Å²) in [5, 5.41) is 0. The van der Waals surface area contributed by atoms with E-state index in [0.717, 1.165) is 23.3 Å². The first-order valence-corrected chi connectivity index (χ1v) is 12.9. The molecule has 190 valence electrons. The molecule has 1 aliphatic heterocycles. The second-order valence-corrected chi connectivity index (χ2v) is 10.3. The fraction of sp³-hybridized carbons (Fsp3) is 0.296. The number of rotatable bonds is 10. The lowest BCUT2D eigenvalue weighted by atomic mass is 10.1. The minimum atomic E-state index is -0.488. The minimum Gasteiger partial charge on any atom is -0.472 e. The molecule has 0 bridgehead atoms. The highest BCUT2D eigenvalue weighted by Gasteiger charge is 2.31. The van der Waals surface area contributed by atoms with E-state index >= 15 is 0 Å². The van der Waals surface area contributed by atoms with Crippen LogP contribution < -0.4 is 15.4 Å². The van der Waals surface area contributed by atoms with Crippen molar-refractivity contribution in [3.8, 4) is 5.88 Å². The van der Waals surface area contributed by atoms with Crippen LogP contribution in [0.3, 0.4) is 0 Å². The van der Waals surface area contributed by atoms with Crippen LogP contribution in [0.15, 0.2) is 64.5 Å². The van der Waals surface area contributed by atoms with Gasteiger partial charge in [-0.15, -0.1) is 0 Å². The third-order valence-electron chi connectivity index (χ3n) is 6.32. The van der Waals surface area contributed by atoms with Crippen molar-refractivity contribution < 1.29 is 19.1 Å². The summed E-state index contributed by atoms with van der Waals surface area (Å²) in [5.41, 5.74) is 7.17. The zero-order valence-corrected chi connectivity index (χ0v) is 21.0. The SMILES string of the molecule is NC(=O)c1ccc(Sc2cnc(N3CCN(CC4CC4)C(=O)C3)nc2OCc2cccc(C=O)c2)cc1. The van der Waals surface area contributed by atoms with Gasteiger partial charge < -0.3 is 20.3 Å². The van der Waals surface area contributed by atoms with Gasteiger partial charge in [0.15, 0.2) is 0 Å². The average Bonchev–Trinajstić information content (AvgIpc) is 3.74. The molecule has 0 radical (unpaired) electrons. The molecule has 0 unspecified atom stereocenters. The van der Waals surface area contributed by atoms with Crippen molar-refractivity contribution in [1.82, 2.24) is 14.9 Å². The van der Waals surface area contributed by atoms with E-state index in [0.29, 0.717) is 46.9 Å². The van der Waals surface area contributed by atoms with E-state index in [2.05, 4.69) is 9.97 Å². The van der Waals surface area contributed by atoms with Gasteiger partial charge in [-0.1, -0.05) is 30.0 Å². The number of anilines is 1. The van der Waals surface area contributed by atoms with Gasteiger partial charge in [0.05, 0.1) is 17.6 Å². The van der Waals surface area contributed by atoms with E-state index in [1.54, 1.807) is 48.7 Å². The number of hydrogen-bond acceptors (Lipinski definition) is 8. The molecule has 2 aliphatic rings. The number of nitrogens with two attached hydrogens (primary N) is 1. The molecule has 9 nitrogen and oxygen atoms in total. The monoisotopic (exact) mass is 517 g/mol. The van der Waals surface area contributed by atoms with Gasteiger partial charge in [-0.2, -0.15) is 4.98 Å². The van der Waals surface area contributed by atoms with Gasteiger partial charge in [0.2, 0.25) is 23.6 Å². The second-order valence-electron chi connectivity index (χ2n) is 9.19. The van der Waals surface area contributed by atoms with E-state index in [1.165, 1.54) is 24.6 Å². The number of hydrogen-bond donors (Lipinski definition) is 1. The van der Waals surface area contributed by atoms with Crippen molar-refractivity contribution in [2.75, 3.05) is 31.1 Å². The number of carbonyl (C=O) groups is 3. The number of nitrogens with zero attached hydrogens (tertiary/aromatic N) is 4. The van der Waals surface area contributed by atoms with Crippen molar-refractivity contribution in [2.45, 2.75) is 29.2 Å². The molecule has 1 aliphatic carbocycles. The number of piperazine rings is 1. The number of aromatic nitrogens is 2. The van der Waals surface area contributed by atoms with Gasteiger partial charge in [-0.05, 0) is 54.7 Å². The van der Waals surface area contributed by atoms with Gasteiger partial charge in [0.25, 0.3) is 0 Å². The molecule has 2 N–H and O–H groups in total. The topological polar surface area (TPSA) is 119 Å². The van der Waals surface area contributed by atoms with Crippen LogP contribution in [0.2, 0.25) is 0 Å². The molecule has 37 heavy (non-hydrogen) atoms. The van der Waals surface area contributed by atoms with Crippen LogP contribution in [0.5, 0.6) is 5.88 Å². The molecule has 0 atom stereocenters. The van der Waals surface area contributed by atoms with Gasteiger partial charge >= 0.3 is 0 Å². The van der Waals surface area contributed by atoms with Crippen LogP contribution in [0.25, 0.3) is 0 Å². The Kier molecular flexibility index (Phi) is 7.36. The first kappa shape index (κ1) is 24.8. The minimum absolute atomic E-state index is 0.0860. The highest BCUT2D eigenvalue weighted by atomic mass is 32.2. The Labute approximate surface area is 219 Å². The maximum Gasteiger partial charge on any atom is 0.248 e. The molecular formula is C27H27N5O4S. The van der Waals surface area contributed by atoms with Crippen LogP contribution >= 0.6 is 11.8 Å². The Morgan fingerprint density at radius 1 is 1.16 bits per heavy atom. The van der Waals surface area contributed by atoms with Crippen molar-refractivity contribution in [1.29, 1.82) is 0 Å². The van der Waals surface area contributed by atoms with E-state index < -0.39 is 5.91 Å². The summed E-state index contributed by atoms with van der Waals surface area (Å²) in [4.78, 5) is 49.9. The Bertz CT molecular complexity index is 1310. The maximum absolute atomic E-state index is 12.7. The lowest BCUT2D eigenvalue weighted by Crippen LogP contribution is -2.51. The third kappa shape index (κ3) is 6.26. The molecule has 5 rings (SSSR count). The normalized spacial score (nSPS) is 15.5. The zero-order chi connectivity index (χ0) is 25.8. The molecule has 2 fully saturated rings. The van der Waals surface area contributed by atoms with Crippen molar-refractivity contribution in [2.24, 2.45) is 11.7 Å². The summed E-state index contributed by atoms with van der Waals surface area (Å²) >= 11 is 1.40. The Hall–Kier alpha value is -3.92. The number of primary amides is 1. The molecule has 2 aromatic carbocycles. The number of benzene rings is 2. The van der Waals surface area contributed by atoms with Crippen LogP contribution in [0.1, 0.15) is 39.1 Å². The highest BCUT2D eigenvalue weighted by Crippen LogP contribution is 2.35. The van der Waals surface area contributed by atoms with E-state index in [1.807, 2.05) is 15.9 Å². The highest BCUT2D eigenvalue weighted by molar-refractivity contribution is 7.99. The zero-order valence-electron chi connectivity index (χ0n) is 20.2. The number of carbonyl (C=O) groups excluding carboxylic acids is 3. The predicted octanol–water partition coefficient (Wildman–Crippen LogP) is 3.18. The van der Waals surface area contributed by atoms with E-state index in [4.69, 9.17) is 10.5 Å². The van der Waals surface area contributed by atoms with Crippen molar-refractivity contribution in [3.63, 3.8) is 0 Å². The maximum atomic E-state index is 12.7. The van der Waals surface area contributed by atoms with Crippen molar-refractivity contribution >= 4 is 35.8 Å². The summed E-state index contributed by atoms with van der Waals surface area (Å²) < 4.78 is 6.11. The van der Waals surface area contributed by atoms with Crippen LogP contribution in [-0.2, 0) is 11.4 Å². The summed E-state index contributed by atoms with van der Waals surface area (Å²) in [6.07, 6.45) is 4.89. The fourth-order valence-corrected chi connectivity index (χ4v) is 4.90. The van der Waals surface area contributed by atoms with E-state index in [9.17, 15) is 14.4 Å². The Morgan fingerprint density at radius 2 is 1.97 bits per heavy atom. The van der Waals surface area contributed by atoms with Crippen LogP contribution in [0, 0.1) is 5.92 Å². The number of amides is 2. The summed E-state index contributed by atoms with van der Waals surface area (Å²) in [6.45, 7) is 2.58. The van der Waals surface area contributed by atoms with Crippen LogP contribution in [0.4, 0.5) is 5.95 Å². The molecule has 0 spiro atoms. The predicted molar refractivity (Wildman–Crippen MR) is 139 cm³/mol. The Morgan fingerprint density at radius 3 is 2.68 bits per heavy atom. The molecule has 2 heterocycles. The molecule has 1 aromatic heterocycles. The van der Waals surface area contributed by atoms with E-state index in [-0.39, 0.29) is 19.1 Å². The largest absolute Gasteiger partial charge is 0.472 e. The molecule has 1 saturated carbocycles. The lowest BCUT2D eigenvalue weighted by Gasteiger charge is -2.34.